The molecule has 1 unspecified atom stereocenters. The smallest absolute Gasteiger partial charge is 0.318 e. The summed E-state index contributed by atoms with van der Waals surface area (Å²) in [6.07, 6.45) is 1.62. The zero-order valence-corrected chi connectivity index (χ0v) is 15.3. The summed E-state index contributed by atoms with van der Waals surface area (Å²) < 4.78 is 29.8. The summed E-state index contributed by atoms with van der Waals surface area (Å²) >= 11 is 0. The van der Waals surface area contributed by atoms with Crippen molar-refractivity contribution in [3.8, 4) is 0 Å². The topological polar surface area (TPSA) is 137 Å². The van der Waals surface area contributed by atoms with Gasteiger partial charge in [0.05, 0.1) is 24.5 Å². The number of carbonyl (C=O) groups excluding carboxylic acids is 1. The second-order valence-electron chi connectivity index (χ2n) is 6.09. The number of carboxylic acid groups (broad SMARTS) is 1. The summed E-state index contributed by atoms with van der Waals surface area (Å²) in [6, 6.07) is 1.32. The minimum Gasteiger partial charge on any atom is -0.480 e. The number of sulfonamides is 1. The molecule has 11 heteroatoms. The highest BCUT2D eigenvalue weighted by atomic mass is 32.2. The first-order chi connectivity index (χ1) is 12.1. The lowest BCUT2D eigenvalue weighted by atomic mass is 10.1. The van der Waals surface area contributed by atoms with E-state index in [0.29, 0.717) is 17.7 Å². The fourth-order valence-electron chi connectivity index (χ4n) is 2.68. The van der Waals surface area contributed by atoms with Crippen LogP contribution in [-0.2, 0) is 19.6 Å². The van der Waals surface area contributed by atoms with Crippen LogP contribution in [0.4, 0.5) is 0 Å². The number of aromatic amines is 1. The number of carboxylic acids is 1. The second kappa shape index (κ2) is 7.98. The van der Waals surface area contributed by atoms with Crippen LogP contribution < -0.4 is 5.56 Å². The largest absolute Gasteiger partial charge is 0.480 e. The van der Waals surface area contributed by atoms with Crippen LogP contribution in [0.5, 0.6) is 0 Å². The Morgan fingerprint density at radius 2 is 2.15 bits per heavy atom. The summed E-state index contributed by atoms with van der Waals surface area (Å²) in [6.45, 7) is 1.43. The van der Waals surface area contributed by atoms with Gasteiger partial charge in [0, 0.05) is 31.9 Å². The Morgan fingerprint density at radius 1 is 1.46 bits per heavy atom. The average molecular weight is 387 g/mol. The number of aryl methyl sites for hydroxylation is 1. The van der Waals surface area contributed by atoms with Crippen LogP contribution in [0.25, 0.3) is 0 Å². The van der Waals surface area contributed by atoms with Crippen molar-refractivity contribution in [3.05, 3.63) is 33.7 Å². The molecule has 1 aliphatic heterocycles. The van der Waals surface area contributed by atoms with Crippen molar-refractivity contribution < 1.29 is 27.9 Å². The van der Waals surface area contributed by atoms with E-state index in [0.717, 1.165) is 10.6 Å². The molecule has 1 atom stereocenters. The lowest BCUT2D eigenvalue weighted by molar-refractivity contribution is -0.137. The molecule has 10 nitrogen and oxygen atoms in total. The van der Waals surface area contributed by atoms with Crippen LogP contribution in [-0.4, -0.2) is 84.7 Å². The molecule has 1 fully saturated rings. The van der Waals surface area contributed by atoms with Crippen molar-refractivity contribution in [1.29, 1.82) is 0 Å². The highest BCUT2D eigenvalue weighted by Gasteiger charge is 2.30. The van der Waals surface area contributed by atoms with Crippen molar-refractivity contribution in [3.63, 3.8) is 0 Å². The van der Waals surface area contributed by atoms with Crippen LogP contribution >= 0.6 is 0 Å². The van der Waals surface area contributed by atoms with Gasteiger partial charge in [-0.1, -0.05) is 0 Å². The fourth-order valence-corrected chi connectivity index (χ4v) is 3.47. The normalized spacial score (nSPS) is 18.1. The lowest BCUT2D eigenvalue weighted by Crippen LogP contribution is -2.51. The van der Waals surface area contributed by atoms with Crippen molar-refractivity contribution in [1.82, 2.24) is 14.2 Å². The van der Waals surface area contributed by atoms with Crippen LogP contribution in [0.1, 0.15) is 15.9 Å². The summed E-state index contributed by atoms with van der Waals surface area (Å²) in [5.41, 5.74) is 0.567. The van der Waals surface area contributed by atoms with E-state index < -0.39 is 28.6 Å². The van der Waals surface area contributed by atoms with Gasteiger partial charge in [-0.05, 0) is 12.5 Å². The van der Waals surface area contributed by atoms with Crippen molar-refractivity contribution >= 4 is 21.9 Å². The van der Waals surface area contributed by atoms with Crippen LogP contribution in [0, 0.1) is 6.92 Å². The molecule has 1 aliphatic rings. The fraction of sp³-hybridized carbons (Fsp3) is 0.533. The minimum absolute atomic E-state index is 0.114. The Morgan fingerprint density at radius 3 is 2.73 bits per heavy atom. The number of hydrogen-bond donors (Lipinski definition) is 2. The van der Waals surface area contributed by atoms with Gasteiger partial charge in [-0.3, -0.25) is 14.4 Å². The molecule has 1 aromatic heterocycles. The number of aromatic nitrogens is 1. The molecule has 0 radical (unpaired) electrons. The molecule has 1 amide bonds. The lowest BCUT2D eigenvalue weighted by Gasteiger charge is -2.35. The van der Waals surface area contributed by atoms with E-state index in [1.807, 2.05) is 0 Å². The first-order valence-corrected chi connectivity index (χ1v) is 9.70. The number of nitrogens with zero attached hydrogens (tertiary/aromatic N) is 2. The number of H-pyrrole nitrogens is 1. The minimum atomic E-state index is -3.73. The third-order valence-electron chi connectivity index (χ3n) is 3.98. The number of nitrogens with one attached hydrogen (secondary N) is 1. The monoisotopic (exact) mass is 387 g/mol. The Hall–Kier alpha value is -2.24. The zero-order valence-electron chi connectivity index (χ0n) is 14.5. The number of rotatable bonds is 6. The highest BCUT2D eigenvalue weighted by molar-refractivity contribution is 7.88. The molecular formula is C15H21N3O7S. The molecular weight excluding hydrogens is 366 g/mol. The van der Waals surface area contributed by atoms with Gasteiger partial charge in [0.15, 0.2) is 0 Å². The third kappa shape index (κ3) is 5.13. The van der Waals surface area contributed by atoms with Gasteiger partial charge in [-0.2, -0.15) is 4.31 Å². The van der Waals surface area contributed by atoms with E-state index in [4.69, 9.17) is 9.84 Å². The maximum atomic E-state index is 12.7. The van der Waals surface area contributed by atoms with E-state index in [2.05, 4.69) is 4.98 Å². The van der Waals surface area contributed by atoms with Crippen molar-refractivity contribution in [2.45, 2.75) is 13.0 Å². The molecule has 2 heterocycles. The Labute approximate surface area is 150 Å². The maximum Gasteiger partial charge on any atom is 0.318 e. The molecule has 1 saturated heterocycles. The van der Waals surface area contributed by atoms with Gasteiger partial charge in [0.2, 0.25) is 15.6 Å². The van der Waals surface area contributed by atoms with E-state index >= 15 is 0 Å². The van der Waals surface area contributed by atoms with E-state index in [1.54, 1.807) is 6.92 Å². The van der Waals surface area contributed by atoms with E-state index in [-0.39, 0.29) is 31.2 Å². The molecule has 26 heavy (non-hydrogen) atoms. The number of hydrogen-bond acceptors (Lipinski definition) is 6. The summed E-state index contributed by atoms with van der Waals surface area (Å²) in [5, 5.41) is 8.88. The Kier molecular flexibility index (Phi) is 6.16. The molecule has 2 rings (SSSR count). The number of pyridine rings is 1. The second-order valence-corrected chi connectivity index (χ2v) is 8.07. The summed E-state index contributed by atoms with van der Waals surface area (Å²) in [4.78, 5) is 38.8. The van der Waals surface area contributed by atoms with Gasteiger partial charge >= 0.3 is 5.97 Å². The third-order valence-corrected chi connectivity index (χ3v) is 5.19. The van der Waals surface area contributed by atoms with Crippen molar-refractivity contribution in [2.24, 2.45) is 0 Å². The van der Waals surface area contributed by atoms with Gasteiger partial charge in [-0.15, -0.1) is 0 Å². The highest BCUT2D eigenvalue weighted by Crippen LogP contribution is 2.14. The van der Waals surface area contributed by atoms with Gasteiger partial charge < -0.3 is 19.7 Å². The number of morpholine rings is 1. The number of amides is 1. The van der Waals surface area contributed by atoms with Crippen LogP contribution in [0.2, 0.25) is 0 Å². The molecule has 0 saturated carbocycles. The van der Waals surface area contributed by atoms with Crippen LogP contribution in [0.3, 0.4) is 0 Å². The Bertz CT molecular complexity index is 849. The molecule has 144 valence electrons. The van der Waals surface area contributed by atoms with E-state index in [9.17, 15) is 22.8 Å². The van der Waals surface area contributed by atoms with E-state index in [1.165, 1.54) is 17.2 Å². The first kappa shape index (κ1) is 20.1. The van der Waals surface area contributed by atoms with Gasteiger partial charge in [0.25, 0.3) is 5.91 Å². The van der Waals surface area contributed by atoms with Gasteiger partial charge in [-0.25, -0.2) is 8.42 Å². The predicted molar refractivity (Wildman–Crippen MR) is 91.5 cm³/mol. The summed E-state index contributed by atoms with van der Waals surface area (Å²) in [7, 11) is -3.73. The molecule has 2 N–H and O–H groups in total. The molecule has 0 bridgehead atoms. The van der Waals surface area contributed by atoms with Gasteiger partial charge in [0.1, 0.15) is 6.54 Å². The van der Waals surface area contributed by atoms with Crippen LogP contribution in [0.15, 0.2) is 17.1 Å². The van der Waals surface area contributed by atoms with Crippen molar-refractivity contribution in [2.75, 3.05) is 39.0 Å². The average Bonchev–Trinajstić information content (AvgIpc) is 2.53. The molecule has 0 aliphatic carbocycles. The maximum absolute atomic E-state index is 12.7. The zero-order chi connectivity index (χ0) is 19.5. The number of carbonyl (C=O) groups is 2. The quantitative estimate of drug-likeness (QED) is 0.630. The predicted octanol–water partition coefficient (Wildman–Crippen LogP) is -1.13. The first-order valence-electron chi connectivity index (χ1n) is 7.85. The standard InChI is InChI=1S/C15H21N3O7S/c1-10-5-13(19)16-6-12(10)15(22)17-3-4-25-11(7-17)8-18(9-14(20)21)26(2,23)24/h5-6,11H,3-4,7-9H2,1-2H3,(H,16,19)(H,20,21). The number of aliphatic carboxylic acids is 1. The molecule has 0 spiro atoms. The molecule has 0 aromatic carbocycles. The molecule has 1 aromatic rings. The Balaban J connectivity index is 2.11. The summed E-state index contributed by atoms with van der Waals surface area (Å²) in [5.74, 6) is -1.58. The SMILES string of the molecule is Cc1cc(=O)[nH]cc1C(=O)N1CCOC(CN(CC(=O)O)S(C)(=O)=O)C1. The number of ether oxygens (including phenoxy) is 1.